The van der Waals surface area contributed by atoms with E-state index in [0.29, 0.717) is 15.3 Å². The molecule has 138 valence electrons. The lowest BCUT2D eigenvalue weighted by Gasteiger charge is -2.31. The van der Waals surface area contributed by atoms with Gasteiger partial charge in [0.15, 0.2) is 0 Å². The first-order valence-corrected chi connectivity index (χ1v) is 11.1. The third kappa shape index (κ3) is 3.18. The van der Waals surface area contributed by atoms with Crippen molar-refractivity contribution in [2.24, 2.45) is 0 Å². The predicted octanol–water partition coefficient (Wildman–Crippen LogP) is 2.82. The van der Waals surface area contributed by atoms with E-state index in [1.807, 2.05) is 0 Å². The topological polar surface area (TPSA) is 90.6 Å². The van der Waals surface area contributed by atoms with Gasteiger partial charge in [-0.2, -0.15) is 12.8 Å². The number of nitrogens with one attached hydrogen (secondary N) is 1. The first kappa shape index (κ1) is 18.7. The molecule has 0 aliphatic heterocycles. The lowest BCUT2D eigenvalue weighted by Crippen LogP contribution is -2.47. The Balaban J connectivity index is 2.34. The van der Waals surface area contributed by atoms with Crippen molar-refractivity contribution >= 4 is 48.2 Å². The van der Waals surface area contributed by atoms with E-state index in [1.165, 1.54) is 31.4 Å². The van der Waals surface area contributed by atoms with Gasteiger partial charge >= 0.3 is 0 Å². The third-order valence-corrected chi connectivity index (χ3v) is 7.14. The van der Waals surface area contributed by atoms with Crippen molar-refractivity contribution in [1.82, 2.24) is 9.40 Å². The predicted molar refractivity (Wildman–Crippen MR) is 102 cm³/mol. The van der Waals surface area contributed by atoms with Crippen molar-refractivity contribution in [3.05, 3.63) is 59.8 Å². The Hall–Kier alpha value is -2.07. The van der Waals surface area contributed by atoms with Crippen molar-refractivity contribution in [3.63, 3.8) is 0 Å². The Bertz CT molecular complexity index is 1160. The number of rotatable bonds is 5. The van der Waals surface area contributed by atoms with E-state index in [0.717, 1.165) is 10.7 Å². The van der Waals surface area contributed by atoms with Gasteiger partial charge in [-0.3, -0.25) is 0 Å². The second-order valence-electron chi connectivity index (χ2n) is 5.59. The van der Waals surface area contributed by atoms with Crippen LogP contribution in [0.4, 0.5) is 5.69 Å². The fourth-order valence-electron chi connectivity index (χ4n) is 2.54. The fourth-order valence-corrected chi connectivity index (χ4v) is 5.20. The molecule has 0 radical (unpaired) electrons. The Labute approximate surface area is 156 Å². The van der Waals surface area contributed by atoms with Crippen LogP contribution in [0.25, 0.3) is 10.9 Å². The normalized spacial score (nSPS) is 12.6. The average molecular weight is 414 g/mol. The van der Waals surface area contributed by atoms with Gasteiger partial charge in [0.2, 0.25) is 10.0 Å². The van der Waals surface area contributed by atoms with Gasteiger partial charge in [0, 0.05) is 24.1 Å². The zero-order valence-corrected chi connectivity index (χ0v) is 16.3. The number of hydrogen-bond donors (Lipinski definition) is 1. The minimum Gasteiger partial charge on any atom is -0.360 e. The van der Waals surface area contributed by atoms with Gasteiger partial charge in [-0.25, -0.2) is 8.42 Å². The molecule has 2 aromatic carbocycles. The van der Waals surface area contributed by atoms with Gasteiger partial charge < -0.3 is 4.98 Å². The van der Waals surface area contributed by atoms with E-state index in [1.54, 1.807) is 30.3 Å². The Morgan fingerprint density at radius 1 is 0.962 bits per heavy atom. The zero-order valence-electron chi connectivity index (χ0n) is 13.9. The maximum absolute atomic E-state index is 13.3. The summed E-state index contributed by atoms with van der Waals surface area (Å²) >= 11 is 6.22. The van der Waals surface area contributed by atoms with Gasteiger partial charge in [0.1, 0.15) is 0 Å². The van der Waals surface area contributed by atoms with Crippen molar-refractivity contribution in [1.29, 1.82) is 0 Å². The number of fused-ring (bicyclic) bond motifs is 1. The zero-order chi connectivity index (χ0) is 19.1. The Morgan fingerprint density at radius 2 is 1.62 bits per heavy atom. The van der Waals surface area contributed by atoms with Crippen molar-refractivity contribution in [2.75, 3.05) is 17.7 Å². The number of aromatic amines is 1. The molecule has 1 N–H and O–H groups in total. The van der Waals surface area contributed by atoms with Crippen molar-refractivity contribution < 1.29 is 16.8 Å². The van der Waals surface area contributed by atoms with E-state index in [9.17, 15) is 16.8 Å². The molecule has 0 amide bonds. The molecule has 0 aliphatic rings. The molecule has 0 bridgehead atoms. The van der Waals surface area contributed by atoms with E-state index >= 15 is 0 Å². The second kappa shape index (κ2) is 6.58. The number of aromatic nitrogens is 1. The van der Waals surface area contributed by atoms with E-state index < -0.39 is 20.0 Å². The van der Waals surface area contributed by atoms with Crippen LogP contribution in [-0.2, 0) is 20.0 Å². The number of anilines is 1. The molecule has 10 heteroatoms. The highest BCUT2D eigenvalue weighted by atomic mass is 35.5. The first-order valence-electron chi connectivity index (χ1n) is 7.44. The molecule has 0 aliphatic carbocycles. The number of benzene rings is 2. The molecule has 7 nitrogen and oxygen atoms in total. The summed E-state index contributed by atoms with van der Waals surface area (Å²) in [5.74, 6) is 0. The van der Waals surface area contributed by atoms with Crippen LogP contribution in [0.5, 0.6) is 0 Å². The molecule has 0 atom stereocenters. The molecule has 0 spiro atoms. The molecular formula is C16H16ClN3O4S2. The first-order chi connectivity index (χ1) is 12.1. The number of H-pyrrole nitrogens is 1. The standard InChI is InChI=1S/C16H16ClN3O4S2/c1-19(25(2,21)22)20(26(23,24)12-7-4-3-5-8-12)15-10-6-9-14-16(15)13(17)11-18-14/h3-11,18H,1-2H3. The van der Waals surface area contributed by atoms with Gasteiger partial charge in [0.25, 0.3) is 10.0 Å². The van der Waals surface area contributed by atoms with Crippen LogP contribution in [0.15, 0.2) is 59.6 Å². The van der Waals surface area contributed by atoms with Crippen LogP contribution in [0, 0.1) is 0 Å². The average Bonchev–Trinajstić information content (AvgIpc) is 2.97. The summed E-state index contributed by atoms with van der Waals surface area (Å²) in [6, 6.07) is 12.4. The smallest absolute Gasteiger partial charge is 0.278 e. The summed E-state index contributed by atoms with van der Waals surface area (Å²) in [6.07, 6.45) is 2.45. The molecule has 26 heavy (non-hydrogen) atoms. The van der Waals surface area contributed by atoms with Crippen LogP contribution in [0.2, 0.25) is 5.02 Å². The maximum atomic E-state index is 13.3. The minimum absolute atomic E-state index is 0.0424. The molecular weight excluding hydrogens is 398 g/mol. The SMILES string of the molecule is CN(N(c1cccc2[nH]cc(Cl)c12)S(=O)(=O)c1ccccc1)S(C)(=O)=O. The number of hydrazine groups is 1. The van der Waals surface area contributed by atoms with E-state index in [4.69, 9.17) is 11.6 Å². The summed E-state index contributed by atoms with van der Waals surface area (Å²) in [7, 11) is -6.92. The van der Waals surface area contributed by atoms with Crippen LogP contribution < -0.4 is 4.41 Å². The van der Waals surface area contributed by atoms with Gasteiger partial charge in [-0.1, -0.05) is 35.9 Å². The van der Waals surface area contributed by atoms with E-state index in [-0.39, 0.29) is 15.6 Å². The quantitative estimate of drug-likeness (QED) is 0.651. The summed E-state index contributed by atoms with van der Waals surface area (Å²) in [5.41, 5.74) is 0.716. The number of halogens is 1. The monoisotopic (exact) mass is 413 g/mol. The number of hydrogen-bond acceptors (Lipinski definition) is 4. The van der Waals surface area contributed by atoms with Crippen molar-refractivity contribution in [3.8, 4) is 0 Å². The van der Waals surface area contributed by atoms with Crippen LogP contribution in [0.1, 0.15) is 0 Å². The summed E-state index contributed by atoms with van der Waals surface area (Å²) in [4.78, 5) is 2.89. The highest BCUT2D eigenvalue weighted by molar-refractivity contribution is 7.94. The highest BCUT2D eigenvalue weighted by Gasteiger charge is 2.34. The van der Waals surface area contributed by atoms with Crippen LogP contribution >= 0.6 is 11.6 Å². The lowest BCUT2D eigenvalue weighted by molar-refractivity contribution is 0.480. The summed E-state index contributed by atoms with van der Waals surface area (Å²) in [6.45, 7) is 0. The molecule has 3 rings (SSSR count). The van der Waals surface area contributed by atoms with Crippen molar-refractivity contribution in [2.45, 2.75) is 4.90 Å². The molecule has 1 aromatic heterocycles. The molecule has 0 unspecified atom stereocenters. The van der Waals surface area contributed by atoms with E-state index in [2.05, 4.69) is 4.98 Å². The number of sulfonamides is 2. The summed E-state index contributed by atoms with van der Waals surface area (Å²) in [5, 5.41) is 0.690. The minimum atomic E-state index is -4.22. The molecule has 3 aromatic rings. The molecule has 0 saturated carbocycles. The van der Waals surface area contributed by atoms with Gasteiger partial charge in [-0.05, 0) is 24.3 Å². The van der Waals surface area contributed by atoms with Gasteiger partial charge in [-0.15, -0.1) is 4.41 Å². The molecule has 1 heterocycles. The molecule has 0 fully saturated rings. The Morgan fingerprint density at radius 3 is 2.23 bits per heavy atom. The Kier molecular flexibility index (Phi) is 4.74. The highest BCUT2D eigenvalue weighted by Crippen LogP contribution is 2.36. The van der Waals surface area contributed by atoms with Gasteiger partial charge in [0.05, 0.1) is 21.9 Å². The molecule has 0 saturated heterocycles. The third-order valence-electron chi connectivity index (χ3n) is 3.85. The van der Waals surface area contributed by atoms with Crippen LogP contribution in [0.3, 0.4) is 0 Å². The fraction of sp³-hybridized carbons (Fsp3) is 0.125. The largest absolute Gasteiger partial charge is 0.360 e. The lowest BCUT2D eigenvalue weighted by atomic mass is 10.2. The second-order valence-corrected chi connectivity index (χ2v) is 9.76. The maximum Gasteiger partial charge on any atom is 0.278 e. The number of nitrogens with zero attached hydrogens (tertiary/aromatic N) is 2. The van der Waals surface area contributed by atoms with Crippen LogP contribution in [-0.4, -0.2) is 39.5 Å². The summed E-state index contributed by atoms with van der Waals surface area (Å²) < 4.78 is 52.3.